The van der Waals surface area contributed by atoms with Gasteiger partial charge in [-0.3, -0.25) is 4.90 Å². The third-order valence-corrected chi connectivity index (χ3v) is 8.67. The summed E-state index contributed by atoms with van der Waals surface area (Å²) in [5.41, 5.74) is 3.58. The second-order valence-corrected chi connectivity index (χ2v) is 11.4. The molecule has 0 unspecified atom stereocenters. The minimum absolute atomic E-state index is 0.00181. The van der Waals surface area contributed by atoms with E-state index in [1.807, 2.05) is 22.8 Å². The quantitative estimate of drug-likeness (QED) is 0.238. The molecule has 1 atom stereocenters. The number of aromatic nitrogens is 2. The smallest absolute Gasteiger partial charge is 0.340 e. The molecule has 11 heteroatoms. The lowest BCUT2D eigenvalue weighted by molar-refractivity contribution is -0.0591. The highest BCUT2D eigenvalue weighted by Gasteiger charge is 2.30. The molecule has 0 saturated carbocycles. The minimum Gasteiger partial charge on any atom is -0.478 e. The van der Waals surface area contributed by atoms with Crippen molar-refractivity contribution >= 4 is 22.8 Å². The summed E-state index contributed by atoms with van der Waals surface area (Å²) in [7, 11) is 1.35. The molecule has 2 aliphatic rings. The molecule has 2 aromatic carbocycles. The van der Waals surface area contributed by atoms with Gasteiger partial charge in [0.25, 0.3) is 0 Å². The zero-order valence-electron chi connectivity index (χ0n) is 24.9. The van der Waals surface area contributed by atoms with E-state index in [1.165, 1.54) is 19.2 Å². The Balaban J connectivity index is 1.18. The third-order valence-electron chi connectivity index (χ3n) is 8.67. The van der Waals surface area contributed by atoms with Crippen LogP contribution in [0.5, 0.6) is 5.88 Å². The van der Waals surface area contributed by atoms with E-state index in [0.717, 1.165) is 43.7 Å². The molecule has 0 radical (unpaired) electrons. The lowest BCUT2D eigenvalue weighted by atomic mass is 9.93. The van der Waals surface area contributed by atoms with Crippen molar-refractivity contribution in [3.8, 4) is 11.9 Å². The maximum Gasteiger partial charge on any atom is 0.340 e. The van der Waals surface area contributed by atoms with Gasteiger partial charge in [-0.1, -0.05) is 18.2 Å². The predicted octanol–water partition coefficient (Wildman–Crippen LogP) is 5.28. The van der Waals surface area contributed by atoms with Gasteiger partial charge in [-0.25, -0.2) is 19.0 Å². The number of pyridine rings is 1. The van der Waals surface area contributed by atoms with Gasteiger partial charge < -0.3 is 23.9 Å². The summed E-state index contributed by atoms with van der Waals surface area (Å²) in [6, 6.07) is 16.6. The first-order valence-electron chi connectivity index (χ1n) is 14.9. The number of hydrogen-bond acceptors (Lipinski definition) is 8. The van der Waals surface area contributed by atoms with E-state index in [9.17, 15) is 19.1 Å². The van der Waals surface area contributed by atoms with Crippen LogP contribution in [-0.4, -0.2) is 64.4 Å². The van der Waals surface area contributed by atoms with E-state index >= 15 is 0 Å². The van der Waals surface area contributed by atoms with Gasteiger partial charge in [-0.15, -0.1) is 0 Å². The van der Waals surface area contributed by atoms with Crippen molar-refractivity contribution in [3.63, 3.8) is 0 Å². The van der Waals surface area contributed by atoms with Crippen LogP contribution < -0.4 is 4.74 Å². The summed E-state index contributed by atoms with van der Waals surface area (Å²) in [6.45, 7) is 3.22. The number of nitrogens with zero attached hydrogens (tertiary/aromatic N) is 4. The number of rotatable bonds is 10. The molecule has 232 valence electrons. The first-order valence-corrected chi connectivity index (χ1v) is 14.9. The standard InChI is InChI=1S/C34H33FN4O6/c1-43-34(42)32-26-8-7-23(33(40)41)16-29(26)39(18-25-11-14-44-25)30(32)19-38-12-9-22(10-13-38)28-3-2-4-31(37-28)45-20-24-6-5-21(17-36)15-27(24)35/h2-8,15-16,22,25H,9-14,18-20H2,1H3,(H,40,41)/t25-/m0/s1. The molecular formula is C34H33FN4O6. The van der Waals surface area contributed by atoms with E-state index in [4.69, 9.17) is 24.5 Å². The van der Waals surface area contributed by atoms with Crippen LogP contribution in [0.2, 0.25) is 0 Å². The predicted molar refractivity (Wildman–Crippen MR) is 162 cm³/mol. The highest BCUT2D eigenvalue weighted by Crippen LogP contribution is 2.33. The Hall–Kier alpha value is -4.79. The monoisotopic (exact) mass is 612 g/mol. The Morgan fingerprint density at radius 2 is 1.93 bits per heavy atom. The Labute approximate surface area is 259 Å². The lowest BCUT2D eigenvalue weighted by Gasteiger charge is -2.33. The second-order valence-electron chi connectivity index (χ2n) is 11.4. The summed E-state index contributed by atoms with van der Waals surface area (Å²) >= 11 is 0. The van der Waals surface area contributed by atoms with Crippen LogP contribution in [0.25, 0.3) is 10.9 Å². The van der Waals surface area contributed by atoms with Gasteiger partial charge in [-0.05, 0) is 62.7 Å². The SMILES string of the molecule is COC(=O)c1c(CN2CCC(c3cccc(OCc4ccc(C#N)cc4F)n3)CC2)n(C[C@@H]2CCO2)c2cc(C(=O)O)ccc12. The minimum atomic E-state index is -1.03. The van der Waals surface area contributed by atoms with Crippen LogP contribution in [0.1, 0.15) is 68.4 Å². The van der Waals surface area contributed by atoms with Crippen molar-refractivity contribution in [2.24, 2.45) is 0 Å². The number of methoxy groups -OCH3 is 1. The van der Waals surface area contributed by atoms with Crippen molar-refractivity contribution in [3.05, 3.63) is 94.1 Å². The average molecular weight is 613 g/mol. The van der Waals surface area contributed by atoms with Crippen molar-refractivity contribution in [1.82, 2.24) is 14.5 Å². The van der Waals surface area contributed by atoms with Gasteiger partial charge >= 0.3 is 11.9 Å². The van der Waals surface area contributed by atoms with E-state index in [2.05, 4.69) is 4.90 Å². The second kappa shape index (κ2) is 13.1. The highest BCUT2D eigenvalue weighted by molar-refractivity contribution is 6.07. The molecule has 6 rings (SSSR count). The van der Waals surface area contributed by atoms with Gasteiger partial charge in [0.15, 0.2) is 0 Å². The molecule has 45 heavy (non-hydrogen) atoms. The third kappa shape index (κ3) is 6.38. The molecule has 2 saturated heterocycles. The number of carboxylic acid groups (broad SMARTS) is 1. The maximum atomic E-state index is 14.3. The van der Waals surface area contributed by atoms with Gasteiger partial charge in [0.05, 0.1) is 41.5 Å². The molecule has 0 aliphatic carbocycles. The number of nitriles is 1. The van der Waals surface area contributed by atoms with Crippen molar-refractivity contribution in [2.45, 2.75) is 51.0 Å². The molecule has 0 amide bonds. The van der Waals surface area contributed by atoms with E-state index in [-0.39, 0.29) is 29.8 Å². The average Bonchev–Trinajstić information content (AvgIpc) is 3.33. The number of piperidine rings is 1. The molecule has 2 aliphatic heterocycles. The van der Waals surface area contributed by atoms with E-state index in [0.29, 0.717) is 47.6 Å². The molecular weight excluding hydrogens is 579 g/mol. The molecule has 4 aromatic rings. The van der Waals surface area contributed by atoms with Gasteiger partial charge in [0, 0.05) is 54.0 Å². The molecule has 4 heterocycles. The molecule has 10 nitrogen and oxygen atoms in total. The number of halogens is 1. The molecule has 1 N–H and O–H groups in total. The van der Waals surface area contributed by atoms with Crippen LogP contribution in [-0.2, 0) is 29.2 Å². The Kier molecular flexibility index (Phi) is 8.78. The fourth-order valence-corrected chi connectivity index (χ4v) is 6.09. The number of carbonyl (C=O) groups is 2. The number of likely N-dealkylation sites (tertiary alicyclic amines) is 1. The number of ether oxygens (including phenoxy) is 3. The first kappa shape index (κ1) is 30.2. The zero-order chi connectivity index (χ0) is 31.5. The summed E-state index contributed by atoms with van der Waals surface area (Å²) in [5.74, 6) is -1.37. The first-order chi connectivity index (χ1) is 21.8. The maximum absolute atomic E-state index is 14.3. The van der Waals surface area contributed by atoms with Crippen molar-refractivity contribution in [2.75, 3.05) is 26.8 Å². The fourth-order valence-electron chi connectivity index (χ4n) is 6.09. The molecule has 2 aromatic heterocycles. The molecule has 2 fully saturated rings. The summed E-state index contributed by atoms with van der Waals surface area (Å²) in [4.78, 5) is 31.9. The van der Waals surface area contributed by atoms with Crippen LogP contribution in [0.15, 0.2) is 54.6 Å². The summed E-state index contributed by atoms with van der Waals surface area (Å²) in [5, 5.41) is 19.3. The Morgan fingerprint density at radius 1 is 1.13 bits per heavy atom. The number of carboxylic acids is 1. The Bertz CT molecular complexity index is 1790. The number of esters is 1. The highest BCUT2D eigenvalue weighted by atomic mass is 19.1. The molecule has 0 spiro atoms. The number of aromatic carboxylic acids is 1. The van der Waals surface area contributed by atoms with Crippen molar-refractivity contribution < 1.29 is 33.3 Å². The van der Waals surface area contributed by atoms with Crippen molar-refractivity contribution in [1.29, 1.82) is 5.26 Å². The fraction of sp³-hybridized carbons (Fsp3) is 0.353. The largest absolute Gasteiger partial charge is 0.478 e. The van der Waals surface area contributed by atoms with Crippen LogP contribution in [0.3, 0.4) is 0 Å². The zero-order valence-corrected chi connectivity index (χ0v) is 24.9. The Morgan fingerprint density at radius 3 is 2.60 bits per heavy atom. The van der Waals surface area contributed by atoms with Crippen LogP contribution >= 0.6 is 0 Å². The van der Waals surface area contributed by atoms with Gasteiger partial charge in [0.1, 0.15) is 12.4 Å². The lowest BCUT2D eigenvalue weighted by Crippen LogP contribution is -2.35. The summed E-state index contributed by atoms with van der Waals surface area (Å²) in [6.07, 6.45) is 2.57. The number of benzene rings is 2. The summed E-state index contributed by atoms with van der Waals surface area (Å²) < 4.78 is 33.0. The molecule has 0 bridgehead atoms. The van der Waals surface area contributed by atoms with Crippen LogP contribution in [0, 0.1) is 17.1 Å². The normalized spacial score (nSPS) is 17.0. The number of hydrogen-bond donors (Lipinski definition) is 1. The topological polar surface area (TPSA) is 127 Å². The van der Waals surface area contributed by atoms with E-state index < -0.39 is 17.8 Å². The van der Waals surface area contributed by atoms with E-state index in [1.54, 1.807) is 30.3 Å². The van der Waals surface area contributed by atoms with Gasteiger partial charge in [-0.2, -0.15) is 5.26 Å². The number of carbonyl (C=O) groups excluding carboxylic acids is 1. The number of fused-ring (bicyclic) bond motifs is 1. The van der Waals surface area contributed by atoms with Crippen LogP contribution in [0.4, 0.5) is 4.39 Å². The van der Waals surface area contributed by atoms with Gasteiger partial charge in [0.2, 0.25) is 5.88 Å².